The maximum Gasteiger partial charge on any atom is 0.393 e. The summed E-state index contributed by atoms with van der Waals surface area (Å²) in [5, 5.41) is 3.12. The molecular formula is C16H20F3NO. The number of rotatable bonds is 3. The van der Waals surface area contributed by atoms with E-state index in [0.29, 0.717) is 26.0 Å². The molecule has 0 spiro atoms. The fourth-order valence-electron chi connectivity index (χ4n) is 3.37. The van der Waals surface area contributed by atoms with Gasteiger partial charge >= 0.3 is 6.18 Å². The maximum absolute atomic E-state index is 13.0. The van der Waals surface area contributed by atoms with Crippen LogP contribution < -0.4 is 10.1 Å². The van der Waals surface area contributed by atoms with Crippen LogP contribution in [0.5, 0.6) is 5.75 Å². The summed E-state index contributed by atoms with van der Waals surface area (Å²) in [4.78, 5) is 0. The molecule has 0 bridgehead atoms. The first-order valence-corrected chi connectivity index (χ1v) is 7.59. The van der Waals surface area contributed by atoms with Gasteiger partial charge in [-0.2, -0.15) is 13.2 Å². The zero-order valence-electron chi connectivity index (χ0n) is 11.9. The predicted octanol–water partition coefficient (Wildman–Crippen LogP) is 3.83. The summed E-state index contributed by atoms with van der Waals surface area (Å²) in [6, 6.07) is 5.44. The normalized spacial score (nSPS) is 25.5. The molecule has 1 heterocycles. The van der Waals surface area contributed by atoms with Gasteiger partial charge in [0.1, 0.15) is 5.75 Å². The lowest BCUT2D eigenvalue weighted by molar-refractivity contribution is -0.189. The first-order chi connectivity index (χ1) is 10.0. The standard InChI is InChI=1S/C16H20F3NO/c17-16(18,19)13-3-1-2-4-14(13)20-10-11-5-6-15-12(9-11)7-8-21-15/h5-6,9,13-14,20H,1-4,7-8,10H2. The van der Waals surface area contributed by atoms with E-state index in [1.807, 2.05) is 18.2 Å². The van der Waals surface area contributed by atoms with E-state index in [4.69, 9.17) is 4.74 Å². The van der Waals surface area contributed by atoms with Crippen LogP contribution in [0.2, 0.25) is 0 Å². The Labute approximate surface area is 122 Å². The van der Waals surface area contributed by atoms with Crippen LogP contribution in [0.15, 0.2) is 18.2 Å². The number of ether oxygens (including phenoxy) is 1. The van der Waals surface area contributed by atoms with Crippen molar-refractivity contribution in [3.05, 3.63) is 29.3 Å². The second-order valence-electron chi connectivity index (χ2n) is 5.96. The summed E-state index contributed by atoms with van der Waals surface area (Å²) in [7, 11) is 0. The summed E-state index contributed by atoms with van der Waals surface area (Å²) >= 11 is 0. The highest BCUT2D eigenvalue weighted by Gasteiger charge is 2.45. The smallest absolute Gasteiger partial charge is 0.393 e. The fourth-order valence-corrected chi connectivity index (χ4v) is 3.37. The van der Waals surface area contributed by atoms with Crippen molar-refractivity contribution in [2.24, 2.45) is 5.92 Å². The highest BCUT2D eigenvalue weighted by molar-refractivity contribution is 5.39. The first-order valence-electron chi connectivity index (χ1n) is 7.59. The van der Waals surface area contributed by atoms with Crippen LogP contribution in [0.25, 0.3) is 0 Å². The van der Waals surface area contributed by atoms with Crippen molar-refractivity contribution in [3.63, 3.8) is 0 Å². The Balaban J connectivity index is 1.63. The van der Waals surface area contributed by atoms with Crippen LogP contribution in [-0.4, -0.2) is 18.8 Å². The Morgan fingerprint density at radius 1 is 1.19 bits per heavy atom. The van der Waals surface area contributed by atoms with Crippen molar-refractivity contribution >= 4 is 0 Å². The van der Waals surface area contributed by atoms with Crippen LogP contribution in [-0.2, 0) is 13.0 Å². The van der Waals surface area contributed by atoms with Crippen molar-refractivity contribution in [2.75, 3.05) is 6.61 Å². The van der Waals surface area contributed by atoms with Crippen molar-refractivity contribution in [1.82, 2.24) is 5.32 Å². The van der Waals surface area contributed by atoms with E-state index in [9.17, 15) is 13.2 Å². The van der Waals surface area contributed by atoms with E-state index in [1.54, 1.807) is 0 Å². The van der Waals surface area contributed by atoms with Gasteiger partial charge in [0.25, 0.3) is 0 Å². The van der Waals surface area contributed by atoms with Gasteiger partial charge in [-0.15, -0.1) is 0 Å². The second kappa shape index (κ2) is 5.87. The molecule has 2 aliphatic rings. The molecule has 1 aliphatic heterocycles. The van der Waals surface area contributed by atoms with Gasteiger partial charge in [-0.05, 0) is 30.0 Å². The molecule has 3 rings (SSSR count). The summed E-state index contributed by atoms with van der Waals surface area (Å²) in [6.07, 6.45) is -0.792. The van der Waals surface area contributed by atoms with Gasteiger partial charge in [0.15, 0.2) is 0 Å². The summed E-state index contributed by atoms with van der Waals surface area (Å²) < 4.78 is 44.6. The zero-order valence-corrected chi connectivity index (χ0v) is 11.9. The minimum absolute atomic E-state index is 0.249. The molecule has 0 radical (unpaired) electrons. The molecule has 1 fully saturated rings. The molecule has 2 nitrogen and oxygen atoms in total. The van der Waals surface area contributed by atoms with Crippen LogP contribution in [0.1, 0.15) is 36.8 Å². The molecule has 1 aliphatic carbocycles. The van der Waals surface area contributed by atoms with Gasteiger partial charge in [0, 0.05) is 19.0 Å². The molecule has 2 atom stereocenters. The molecule has 0 aromatic heterocycles. The highest BCUT2D eigenvalue weighted by atomic mass is 19.4. The highest BCUT2D eigenvalue weighted by Crippen LogP contribution is 2.38. The molecule has 1 aromatic rings. The largest absolute Gasteiger partial charge is 0.493 e. The number of nitrogens with one attached hydrogen (secondary N) is 1. The fraction of sp³-hybridized carbons (Fsp3) is 0.625. The molecule has 0 amide bonds. The van der Waals surface area contributed by atoms with E-state index in [2.05, 4.69) is 5.32 Å². The Morgan fingerprint density at radius 2 is 2.00 bits per heavy atom. The van der Waals surface area contributed by atoms with E-state index in [1.165, 1.54) is 0 Å². The van der Waals surface area contributed by atoms with E-state index in [0.717, 1.165) is 29.7 Å². The summed E-state index contributed by atoms with van der Waals surface area (Å²) in [5.41, 5.74) is 2.19. The summed E-state index contributed by atoms with van der Waals surface area (Å²) in [6.45, 7) is 1.19. The van der Waals surface area contributed by atoms with Crippen molar-refractivity contribution in [3.8, 4) is 5.75 Å². The molecule has 21 heavy (non-hydrogen) atoms. The van der Waals surface area contributed by atoms with Crippen LogP contribution in [0.3, 0.4) is 0 Å². The van der Waals surface area contributed by atoms with E-state index >= 15 is 0 Å². The average molecular weight is 299 g/mol. The van der Waals surface area contributed by atoms with Gasteiger partial charge < -0.3 is 10.1 Å². The number of fused-ring (bicyclic) bond motifs is 1. The van der Waals surface area contributed by atoms with Crippen LogP contribution in [0.4, 0.5) is 13.2 Å². The average Bonchev–Trinajstić information content (AvgIpc) is 2.92. The quantitative estimate of drug-likeness (QED) is 0.916. The number of alkyl halides is 3. The molecule has 1 saturated carbocycles. The zero-order chi connectivity index (χ0) is 14.9. The first kappa shape index (κ1) is 14.7. The topological polar surface area (TPSA) is 21.3 Å². The van der Waals surface area contributed by atoms with Gasteiger partial charge in [-0.3, -0.25) is 0 Å². The minimum Gasteiger partial charge on any atom is -0.493 e. The molecule has 1 N–H and O–H groups in total. The Bertz CT molecular complexity index is 501. The minimum atomic E-state index is -4.09. The number of benzene rings is 1. The van der Waals surface area contributed by atoms with Crippen LogP contribution >= 0.6 is 0 Å². The Morgan fingerprint density at radius 3 is 2.81 bits per heavy atom. The molecular weight excluding hydrogens is 279 g/mol. The predicted molar refractivity (Wildman–Crippen MR) is 74.3 cm³/mol. The van der Waals surface area contributed by atoms with Crippen molar-refractivity contribution in [2.45, 2.75) is 50.9 Å². The van der Waals surface area contributed by atoms with Crippen LogP contribution in [0, 0.1) is 5.92 Å². The molecule has 116 valence electrons. The van der Waals surface area contributed by atoms with E-state index in [-0.39, 0.29) is 6.42 Å². The third kappa shape index (κ3) is 3.34. The van der Waals surface area contributed by atoms with E-state index < -0.39 is 18.1 Å². The number of hydrogen-bond donors (Lipinski definition) is 1. The lowest BCUT2D eigenvalue weighted by Crippen LogP contribution is -2.45. The van der Waals surface area contributed by atoms with Gasteiger partial charge in [-0.1, -0.05) is 25.0 Å². The summed E-state index contributed by atoms with van der Waals surface area (Å²) in [5.74, 6) is -0.298. The Hall–Kier alpha value is -1.23. The van der Waals surface area contributed by atoms with Gasteiger partial charge in [-0.25, -0.2) is 0 Å². The number of hydrogen-bond acceptors (Lipinski definition) is 2. The monoisotopic (exact) mass is 299 g/mol. The van der Waals surface area contributed by atoms with Crippen molar-refractivity contribution in [1.29, 1.82) is 0 Å². The second-order valence-corrected chi connectivity index (χ2v) is 5.96. The molecule has 1 aromatic carbocycles. The van der Waals surface area contributed by atoms with Gasteiger partial charge in [0.2, 0.25) is 0 Å². The maximum atomic E-state index is 13.0. The van der Waals surface area contributed by atoms with Crippen molar-refractivity contribution < 1.29 is 17.9 Å². The third-order valence-electron chi connectivity index (χ3n) is 4.51. The lowest BCUT2D eigenvalue weighted by atomic mass is 9.84. The van der Waals surface area contributed by atoms with Gasteiger partial charge in [0.05, 0.1) is 12.5 Å². The molecule has 2 unspecified atom stereocenters. The molecule has 5 heteroatoms. The third-order valence-corrected chi connectivity index (χ3v) is 4.51. The SMILES string of the molecule is FC(F)(F)C1CCCCC1NCc1ccc2c(c1)CCO2. The molecule has 0 saturated heterocycles. The number of halogens is 3. The Kier molecular flexibility index (Phi) is 4.11. The lowest BCUT2D eigenvalue weighted by Gasteiger charge is -2.33.